The Labute approximate surface area is 117 Å². The van der Waals surface area contributed by atoms with Crippen LogP contribution in [0.1, 0.15) is 11.7 Å². The van der Waals surface area contributed by atoms with E-state index in [1.54, 1.807) is 6.20 Å². The molecule has 2 aromatic rings. The largest absolute Gasteiger partial charge is 0.376 e. The van der Waals surface area contributed by atoms with Crippen LogP contribution in [-0.2, 0) is 9.47 Å². The van der Waals surface area contributed by atoms with Crippen LogP contribution in [0.5, 0.6) is 0 Å². The molecule has 0 amide bonds. The fraction of sp³-hybridized carbons (Fsp3) is 0.357. The maximum Gasteiger partial charge on any atom is 0.103 e. The topological polar surface area (TPSA) is 74.3 Å². The van der Waals surface area contributed by atoms with E-state index in [9.17, 15) is 0 Å². The lowest BCUT2D eigenvalue weighted by Gasteiger charge is -2.30. The second-order valence-corrected chi connectivity index (χ2v) is 4.63. The highest BCUT2D eigenvalue weighted by molar-refractivity contribution is 5.33. The molecule has 6 heteroatoms. The zero-order chi connectivity index (χ0) is 13.8. The van der Waals surface area contributed by atoms with Crippen LogP contribution in [0.15, 0.2) is 42.6 Å². The van der Waals surface area contributed by atoms with E-state index in [2.05, 4.69) is 10.5 Å². The Morgan fingerprint density at radius 3 is 2.80 bits per heavy atom. The molecule has 2 heterocycles. The Balaban J connectivity index is 1.91. The predicted octanol–water partition coefficient (Wildman–Crippen LogP) is 0.792. The van der Waals surface area contributed by atoms with Crippen molar-refractivity contribution in [1.29, 1.82) is 0 Å². The molecule has 3 N–H and O–H groups in total. The molecule has 0 aliphatic carbocycles. The summed E-state index contributed by atoms with van der Waals surface area (Å²) < 4.78 is 13.1. The van der Waals surface area contributed by atoms with Crippen LogP contribution in [0.25, 0.3) is 5.69 Å². The summed E-state index contributed by atoms with van der Waals surface area (Å²) in [4.78, 5) is 0. The lowest BCUT2D eigenvalue weighted by atomic mass is 10.1. The molecule has 1 aliphatic heterocycles. The van der Waals surface area contributed by atoms with Crippen molar-refractivity contribution in [3.8, 4) is 5.69 Å². The molecule has 6 nitrogen and oxygen atoms in total. The molecule has 20 heavy (non-hydrogen) atoms. The first-order chi connectivity index (χ1) is 9.90. The van der Waals surface area contributed by atoms with Crippen LogP contribution in [0.2, 0.25) is 0 Å². The monoisotopic (exact) mass is 274 g/mol. The number of rotatable bonds is 4. The van der Waals surface area contributed by atoms with E-state index in [0.717, 1.165) is 11.4 Å². The lowest BCUT2D eigenvalue weighted by Crippen LogP contribution is -2.44. The zero-order valence-electron chi connectivity index (χ0n) is 11.1. The van der Waals surface area contributed by atoms with Crippen LogP contribution >= 0.6 is 0 Å². The lowest BCUT2D eigenvalue weighted by molar-refractivity contribution is -0.103. The Bertz CT molecular complexity index is 537. The first-order valence-corrected chi connectivity index (χ1v) is 6.65. The van der Waals surface area contributed by atoms with Gasteiger partial charge in [0.05, 0.1) is 37.2 Å². The average molecular weight is 274 g/mol. The molecule has 0 saturated carbocycles. The molecule has 1 fully saturated rings. The van der Waals surface area contributed by atoms with Crippen LogP contribution < -0.4 is 11.3 Å². The summed E-state index contributed by atoms with van der Waals surface area (Å²) in [7, 11) is 0. The molecule has 0 spiro atoms. The van der Waals surface area contributed by atoms with E-state index in [1.165, 1.54) is 0 Å². The number of hydrogen-bond donors (Lipinski definition) is 2. The van der Waals surface area contributed by atoms with Crippen molar-refractivity contribution >= 4 is 0 Å². The van der Waals surface area contributed by atoms with E-state index in [0.29, 0.717) is 19.8 Å². The van der Waals surface area contributed by atoms with Gasteiger partial charge < -0.3 is 9.47 Å². The number of aromatic nitrogens is 2. The second kappa shape index (κ2) is 6.15. The van der Waals surface area contributed by atoms with Gasteiger partial charge in [-0.15, -0.1) is 0 Å². The molecule has 1 aromatic heterocycles. The third-order valence-corrected chi connectivity index (χ3v) is 3.38. The molecule has 1 saturated heterocycles. The third kappa shape index (κ3) is 2.59. The Morgan fingerprint density at radius 1 is 1.25 bits per heavy atom. The molecule has 1 aliphatic rings. The minimum Gasteiger partial charge on any atom is -0.376 e. The van der Waals surface area contributed by atoms with Gasteiger partial charge in [0, 0.05) is 6.20 Å². The van der Waals surface area contributed by atoms with Crippen LogP contribution in [0.4, 0.5) is 0 Å². The maximum atomic E-state index is 5.74. The molecule has 106 valence electrons. The van der Waals surface area contributed by atoms with Crippen molar-refractivity contribution in [2.45, 2.75) is 12.1 Å². The van der Waals surface area contributed by atoms with Gasteiger partial charge in [-0.1, -0.05) is 18.2 Å². The number of ether oxygens (including phenoxy) is 2. The van der Waals surface area contributed by atoms with E-state index < -0.39 is 0 Å². The minimum atomic E-state index is -0.169. The SMILES string of the molecule is NNC(c1ccnn1-c1ccccc1)C1COCCO1. The van der Waals surface area contributed by atoms with Gasteiger partial charge in [-0.3, -0.25) is 5.84 Å². The normalized spacial score (nSPS) is 20.8. The number of para-hydroxylation sites is 1. The molecular weight excluding hydrogens is 256 g/mol. The summed E-state index contributed by atoms with van der Waals surface area (Å²) in [6, 6.07) is 11.7. The van der Waals surface area contributed by atoms with Crippen LogP contribution in [-0.4, -0.2) is 35.7 Å². The Morgan fingerprint density at radius 2 is 2.10 bits per heavy atom. The van der Waals surface area contributed by atoms with Gasteiger partial charge in [-0.05, 0) is 18.2 Å². The van der Waals surface area contributed by atoms with E-state index in [-0.39, 0.29) is 12.1 Å². The van der Waals surface area contributed by atoms with Crippen molar-refractivity contribution < 1.29 is 9.47 Å². The number of hydrogen-bond acceptors (Lipinski definition) is 5. The molecule has 3 rings (SSSR count). The van der Waals surface area contributed by atoms with Gasteiger partial charge in [0.2, 0.25) is 0 Å². The average Bonchev–Trinajstić information content (AvgIpc) is 2.99. The number of nitrogens with one attached hydrogen (secondary N) is 1. The molecule has 2 atom stereocenters. The third-order valence-electron chi connectivity index (χ3n) is 3.38. The van der Waals surface area contributed by atoms with Crippen LogP contribution in [0, 0.1) is 0 Å². The first kappa shape index (κ1) is 13.3. The molecule has 0 bridgehead atoms. The fourth-order valence-electron chi connectivity index (χ4n) is 2.42. The Kier molecular flexibility index (Phi) is 4.08. The quantitative estimate of drug-likeness (QED) is 0.637. The van der Waals surface area contributed by atoms with Gasteiger partial charge in [0.1, 0.15) is 6.10 Å². The van der Waals surface area contributed by atoms with Crippen LogP contribution in [0.3, 0.4) is 0 Å². The summed E-state index contributed by atoms with van der Waals surface area (Å²) in [5.74, 6) is 5.72. The summed E-state index contributed by atoms with van der Waals surface area (Å²) >= 11 is 0. The summed E-state index contributed by atoms with van der Waals surface area (Å²) in [6.07, 6.45) is 1.64. The Hall–Kier alpha value is -1.73. The van der Waals surface area contributed by atoms with Crippen molar-refractivity contribution in [1.82, 2.24) is 15.2 Å². The van der Waals surface area contributed by atoms with E-state index in [4.69, 9.17) is 15.3 Å². The second-order valence-electron chi connectivity index (χ2n) is 4.63. The summed E-state index contributed by atoms with van der Waals surface area (Å²) in [5.41, 5.74) is 4.76. The summed E-state index contributed by atoms with van der Waals surface area (Å²) in [5, 5.41) is 4.37. The molecular formula is C14H18N4O2. The predicted molar refractivity (Wildman–Crippen MR) is 74.2 cm³/mol. The fourth-order valence-corrected chi connectivity index (χ4v) is 2.42. The van der Waals surface area contributed by atoms with Crippen molar-refractivity contribution in [3.63, 3.8) is 0 Å². The first-order valence-electron chi connectivity index (χ1n) is 6.65. The highest BCUT2D eigenvalue weighted by Gasteiger charge is 2.28. The van der Waals surface area contributed by atoms with Gasteiger partial charge >= 0.3 is 0 Å². The summed E-state index contributed by atoms with van der Waals surface area (Å²) in [6.45, 7) is 1.74. The standard InChI is InChI=1S/C14H18N4O2/c15-17-14(13-10-19-8-9-20-13)12-6-7-16-18(12)11-4-2-1-3-5-11/h1-7,13-14,17H,8-10,15H2. The van der Waals surface area contributed by atoms with Crippen molar-refractivity contribution in [3.05, 3.63) is 48.3 Å². The van der Waals surface area contributed by atoms with E-state index >= 15 is 0 Å². The number of nitrogens with zero attached hydrogens (tertiary/aromatic N) is 2. The molecule has 1 aromatic carbocycles. The van der Waals surface area contributed by atoms with Crippen molar-refractivity contribution in [2.24, 2.45) is 5.84 Å². The highest BCUT2D eigenvalue weighted by Crippen LogP contribution is 2.23. The van der Waals surface area contributed by atoms with E-state index in [1.807, 2.05) is 41.1 Å². The smallest absolute Gasteiger partial charge is 0.103 e. The van der Waals surface area contributed by atoms with Gasteiger partial charge in [-0.2, -0.15) is 5.10 Å². The zero-order valence-corrected chi connectivity index (χ0v) is 11.1. The number of hydrazine groups is 1. The highest BCUT2D eigenvalue weighted by atomic mass is 16.6. The number of nitrogens with two attached hydrogens (primary N) is 1. The molecule has 2 unspecified atom stereocenters. The maximum absolute atomic E-state index is 5.74. The minimum absolute atomic E-state index is 0.118. The number of benzene rings is 1. The van der Waals surface area contributed by atoms with Gasteiger partial charge in [-0.25, -0.2) is 10.1 Å². The molecule has 0 radical (unpaired) electrons. The van der Waals surface area contributed by atoms with Crippen molar-refractivity contribution in [2.75, 3.05) is 19.8 Å². The van der Waals surface area contributed by atoms with Gasteiger partial charge in [0.25, 0.3) is 0 Å². The van der Waals surface area contributed by atoms with Gasteiger partial charge in [0.15, 0.2) is 0 Å².